The van der Waals surface area contributed by atoms with E-state index in [2.05, 4.69) is 26.2 Å². The van der Waals surface area contributed by atoms with E-state index in [1.54, 1.807) is 0 Å². The Morgan fingerprint density at radius 1 is 1.14 bits per heavy atom. The van der Waals surface area contributed by atoms with Crippen LogP contribution in [0.4, 0.5) is 10.5 Å². The van der Waals surface area contributed by atoms with Gasteiger partial charge in [0.05, 0.1) is 18.1 Å². The highest BCUT2D eigenvalue weighted by Crippen LogP contribution is 2.33. The number of amides is 5. The summed E-state index contributed by atoms with van der Waals surface area (Å²) in [6.07, 6.45) is 4.90. The van der Waals surface area contributed by atoms with E-state index in [9.17, 15) is 19.2 Å². The Bertz CT molecular complexity index is 966. The predicted octanol–water partition coefficient (Wildman–Crippen LogP) is 1.77. The number of nitrogens with one attached hydrogen (secondary N) is 4. The number of nitrogens with zero attached hydrogens (tertiary/aromatic N) is 2. The maximum Gasteiger partial charge on any atom is 0.385 e. The molecule has 6 N–H and O–H groups in total. The second kappa shape index (κ2) is 13.1. The number of hydrogen-bond acceptors (Lipinski definition) is 7. The number of nitrogens with two attached hydrogens (primary N) is 1. The summed E-state index contributed by atoms with van der Waals surface area (Å²) in [4.78, 5) is 50.7. The van der Waals surface area contributed by atoms with Gasteiger partial charge in [-0.15, -0.1) is 0 Å². The van der Waals surface area contributed by atoms with Gasteiger partial charge in [-0.05, 0) is 44.2 Å². The first-order chi connectivity index (χ1) is 16.9. The van der Waals surface area contributed by atoms with Gasteiger partial charge in [-0.25, -0.2) is 4.79 Å². The highest BCUT2D eigenvalue weighted by molar-refractivity contribution is 8.00. The van der Waals surface area contributed by atoms with Crippen molar-refractivity contribution in [2.45, 2.75) is 68.3 Å². The lowest BCUT2D eigenvalue weighted by atomic mass is 10.0. The Balaban J connectivity index is 1.20. The number of carbonyl (C=O) groups excluding carboxylic acids is 4. The molecule has 0 spiro atoms. The molecule has 0 aliphatic carbocycles. The molecule has 1 aromatic rings. The minimum absolute atomic E-state index is 0.00504. The zero-order valence-corrected chi connectivity index (χ0v) is 20.3. The molecule has 0 radical (unpaired) electrons. The maximum atomic E-state index is 12.1. The van der Waals surface area contributed by atoms with Gasteiger partial charge in [-0.2, -0.15) is 11.8 Å². The van der Waals surface area contributed by atoms with Crippen molar-refractivity contribution in [3.8, 4) is 0 Å². The van der Waals surface area contributed by atoms with Gasteiger partial charge in [-0.3, -0.25) is 19.7 Å². The molecule has 5 amide bonds. The first kappa shape index (κ1) is 26.4. The van der Waals surface area contributed by atoms with Crippen LogP contribution in [0.1, 0.15) is 55.3 Å². The largest absolute Gasteiger partial charge is 0.385 e. The molecule has 1 aromatic carbocycles. The van der Waals surface area contributed by atoms with Crippen LogP contribution in [0.15, 0.2) is 24.3 Å². The summed E-state index contributed by atoms with van der Waals surface area (Å²) in [6, 6.07) is 5.31. The minimum atomic E-state index is -0.825. The molecule has 2 saturated heterocycles. The summed E-state index contributed by atoms with van der Waals surface area (Å²) >= 11 is 1.88. The van der Waals surface area contributed by atoms with Crippen LogP contribution in [0.3, 0.4) is 0 Å². The molecule has 0 bridgehead atoms. The molecule has 2 fully saturated rings. The number of diazo groups is 1. The van der Waals surface area contributed by atoms with Crippen LogP contribution < -0.4 is 27.0 Å². The number of urea groups is 1. The number of rotatable bonds is 12. The Labute approximate surface area is 208 Å². The molecule has 3 rings (SSSR count). The lowest BCUT2D eigenvalue weighted by Crippen LogP contribution is -2.43. The van der Waals surface area contributed by atoms with E-state index >= 15 is 0 Å². The second-order valence-corrected chi connectivity index (χ2v) is 10.1. The first-order valence-corrected chi connectivity index (χ1v) is 12.9. The molecule has 3 unspecified atom stereocenters. The van der Waals surface area contributed by atoms with Crippen molar-refractivity contribution in [3.63, 3.8) is 0 Å². The summed E-state index contributed by atoms with van der Waals surface area (Å²) in [7, 11) is 0. The Hall–Kier alpha value is -3.17. The van der Waals surface area contributed by atoms with Crippen LogP contribution in [-0.4, -0.2) is 59.4 Å². The van der Waals surface area contributed by atoms with Gasteiger partial charge in [0.2, 0.25) is 17.2 Å². The highest BCUT2D eigenvalue weighted by Gasteiger charge is 2.42. The van der Waals surface area contributed by atoms with Crippen LogP contribution in [0, 0.1) is 5.39 Å². The SMILES string of the molecule is N#[N+]c1ccc(C(=O)NC(=O)[C@@H](N)CCCCNC(=O)CCCCC2SCC3NC(=O)NC32)cc1. The molecule has 2 heterocycles. The number of unbranched alkanes of at least 4 members (excludes halogenated alkanes) is 2. The van der Waals surface area contributed by atoms with Crippen LogP contribution >= 0.6 is 11.8 Å². The first-order valence-electron chi connectivity index (χ1n) is 11.9. The molecular weight excluding hydrogens is 470 g/mol. The molecule has 2 aliphatic heterocycles. The molecule has 12 heteroatoms. The van der Waals surface area contributed by atoms with E-state index < -0.39 is 17.9 Å². The summed E-state index contributed by atoms with van der Waals surface area (Å²) in [5.74, 6) is -0.190. The van der Waals surface area contributed by atoms with Crippen molar-refractivity contribution >= 4 is 41.2 Å². The molecule has 35 heavy (non-hydrogen) atoms. The van der Waals surface area contributed by atoms with E-state index in [1.807, 2.05) is 11.8 Å². The lowest BCUT2D eigenvalue weighted by Gasteiger charge is -2.16. The van der Waals surface area contributed by atoms with Crippen molar-refractivity contribution in [2.24, 2.45) is 5.73 Å². The van der Waals surface area contributed by atoms with Gasteiger partial charge in [0.15, 0.2) is 4.98 Å². The fraction of sp³-hybridized carbons (Fsp3) is 0.565. The van der Waals surface area contributed by atoms with Crippen molar-refractivity contribution in [1.82, 2.24) is 21.3 Å². The molecular formula is C23H32N7O4S+. The van der Waals surface area contributed by atoms with E-state index in [0.29, 0.717) is 43.2 Å². The van der Waals surface area contributed by atoms with E-state index in [0.717, 1.165) is 25.0 Å². The molecule has 4 atom stereocenters. The van der Waals surface area contributed by atoms with Gasteiger partial charge in [0.25, 0.3) is 5.91 Å². The standard InChI is InChI=1S/C23H31N7O4S/c24-16(22(33)29-21(32)14-8-10-15(30-25)11-9-14)5-3-4-12-26-19(31)7-2-1-6-18-20-17(13-35-18)27-23(34)28-20/h8-11,16-18,20H,1-7,12-13,24H2,(H3-,26,27,28,29,31,32,33,34)/p+1/t16-,17?,18?,20?/m0/s1. The fourth-order valence-electron chi connectivity index (χ4n) is 4.17. The number of thioether (sulfide) groups is 1. The van der Waals surface area contributed by atoms with Crippen molar-refractivity contribution in [2.75, 3.05) is 12.3 Å². The van der Waals surface area contributed by atoms with Crippen molar-refractivity contribution in [1.29, 1.82) is 5.39 Å². The zero-order valence-electron chi connectivity index (χ0n) is 19.5. The minimum Gasteiger partial charge on any atom is -0.356 e. The number of carbonyl (C=O) groups is 4. The van der Waals surface area contributed by atoms with E-state index in [4.69, 9.17) is 11.1 Å². The van der Waals surface area contributed by atoms with Crippen LogP contribution in [0.5, 0.6) is 0 Å². The van der Waals surface area contributed by atoms with Gasteiger partial charge < -0.3 is 21.7 Å². The zero-order chi connectivity index (χ0) is 25.2. The smallest absolute Gasteiger partial charge is 0.356 e. The number of imide groups is 1. The predicted molar refractivity (Wildman–Crippen MR) is 132 cm³/mol. The van der Waals surface area contributed by atoms with Gasteiger partial charge in [-0.1, -0.05) is 6.42 Å². The Morgan fingerprint density at radius 2 is 1.91 bits per heavy atom. The lowest BCUT2D eigenvalue weighted by molar-refractivity contribution is -0.122. The monoisotopic (exact) mass is 502 g/mol. The van der Waals surface area contributed by atoms with Gasteiger partial charge in [0.1, 0.15) is 0 Å². The average Bonchev–Trinajstić information content (AvgIpc) is 3.40. The molecule has 11 nitrogen and oxygen atoms in total. The summed E-state index contributed by atoms with van der Waals surface area (Å²) in [6.45, 7) is 0.508. The van der Waals surface area contributed by atoms with Crippen molar-refractivity contribution in [3.05, 3.63) is 34.8 Å². The van der Waals surface area contributed by atoms with Crippen molar-refractivity contribution < 1.29 is 19.2 Å². The molecule has 188 valence electrons. The quantitative estimate of drug-likeness (QED) is 0.165. The van der Waals surface area contributed by atoms with Crippen LogP contribution in [0.2, 0.25) is 0 Å². The van der Waals surface area contributed by atoms with Gasteiger partial charge in [0, 0.05) is 41.7 Å². The maximum absolute atomic E-state index is 12.1. The third-order valence-corrected chi connectivity index (χ3v) is 7.67. The number of benzene rings is 1. The topological polar surface area (TPSA) is 171 Å². The third-order valence-electron chi connectivity index (χ3n) is 6.16. The highest BCUT2D eigenvalue weighted by atomic mass is 32.2. The average molecular weight is 503 g/mol. The van der Waals surface area contributed by atoms with Crippen LogP contribution in [-0.2, 0) is 9.59 Å². The Morgan fingerprint density at radius 3 is 2.66 bits per heavy atom. The second-order valence-electron chi connectivity index (χ2n) is 8.79. The molecule has 2 aliphatic rings. The number of hydrogen-bond donors (Lipinski definition) is 5. The van der Waals surface area contributed by atoms with E-state index in [-0.39, 0.29) is 29.6 Å². The molecule has 0 saturated carbocycles. The van der Waals surface area contributed by atoms with E-state index in [1.165, 1.54) is 24.3 Å². The van der Waals surface area contributed by atoms with Crippen LogP contribution in [0.25, 0.3) is 4.98 Å². The normalized spacial score (nSPS) is 21.3. The Kier molecular flexibility index (Phi) is 9.86. The summed E-state index contributed by atoms with van der Waals surface area (Å²) < 4.78 is 0. The summed E-state index contributed by atoms with van der Waals surface area (Å²) in [5.41, 5.74) is 6.44. The third kappa shape index (κ3) is 7.93. The molecule has 0 aromatic heterocycles. The van der Waals surface area contributed by atoms with Gasteiger partial charge >= 0.3 is 11.7 Å². The number of fused-ring (bicyclic) bond motifs is 1. The summed E-state index contributed by atoms with van der Waals surface area (Å²) in [5, 5.41) is 20.1. The fourth-order valence-corrected chi connectivity index (χ4v) is 5.71.